The van der Waals surface area contributed by atoms with Crippen LogP contribution in [-0.4, -0.2) is 11.4 Å². The van der Waals surface area contributed by atoms with E-state index >= 15 is 0 Å². The van der Waals surface area contributed by atoms with Crippen LogP contribution in [0.2, 0.25) is 0 Å². The molecule has 0 spiro atoms. The molecule has 0 fully saturated rings. The molecule has 0 atom stereocenters. The predicted molar refractivity (Wildman–Crippen MR) is 70.8 cm³/mol. The van der Waals surface area contributed by atoms with Crippen LogP contribution in [0.5, 0.6) is 0 Å². The van der Waals surface area contributed by atoms with Crippen LogP contribution in [0.4, 0.5) is 0 Å². The topological polar surface area (TPSA) is 55.1 Å². The highest BCUT2D eigenvalue weighted by molar-refractivity contribution is 5.92. The first-order valence-corrected chi connectivity index (χ1v) is 6.14. The van der Waals surface area contributed by atoms with Crippen molar-refractivity contribution in [2.75, 3.05) is 0 Å². The number of carbonyl (C=O) groups is 1. The molecule has 0 aliphatic rings. The molecule has 0 aliphatic heterocycles. The molecule has 3 N–H and O–H groups in total. The molecule has 0 heterocycles. The van der Waals surface area contributed by atoms with Crippen molar-refractivity contribution < 1.29 is 4.79 Å². The van der Waals surface area contributed by atoms with E-state index in [1.54, 1.807) is 12.1 Å². The van der Waals surface area contributed by atoms with Crippen molar-refractivity contribution in [2.24, 2.45) is 5.73 Å². The number of carbonyl (C=O) groups excluding carboxylic acids is 1. The van der Waals surface area contributed by atoms with Gasteiger partial charge in [-0.2, -0.15) is 0 Å². The standard InChI is InChI=1S/C14H22N2O/c1-4-14(3,5-2)16-10-11-6-8-12(9-7-11)13(15)17/h6-9,16H,4-5,10H2,1-3H3,(H2,15,17). The average molecular weight is 234 g/mol. The van der Waals surface area contributed by atoms with Gasteiger partial charge in [0.05, 0.1) is 0 Å². The van der Waals surface area contributed by atoms with Crippen molar-refractivity contribution in [3.63, 3.8) is 0 Å². The monoisotopic (exact) mass is 234 g/mol. The molecule has 1 aromatic carbocycles. The van der Waals surface area contributed by atoms with Crippen molar-refractivity contribution in [2.45, 2.75) is 45.7 Å². The highest BCUT2D eigenvalue weighted by Crippen LogP contribution is 2.14. The summed E-state index contributed by atoms with van der Waals surface area (Å²) in [6.07, 6.45) is 2.20. The Labute approximate surface area is 103 Å². The molecule has 0 aliphatic carbocycles. The van der Waals surface area contributed by atoms with Gasteiger partial charge in [-0.15, -0.1) is 0 Å². The minimum Gasteiger partial charge on any atom is -0.366 e. The number of hydrogen-bond donors (Lipinski definition) is 2. The Kier molecular flexibility index (Phi) is 4.70. The Morgan fingerprint density at radius 3 is 2.18 bits per heavy atom. The summed E-state index contributed by atoms with van der Waals surface area (Å²) in [7, 11) is 0. The van der Waals surface area contributed by atoms with Gasteiger partial charge in [0.2, 0.25) is 5.91 Å². The van der Waals surface area contributed by atoms with Crippen LogP contribution in [-0.2, 0) is 6.54 Å². The molecule has 0 unspecified atom stereocenters. The summed E-state index contributed by atoms with van der Waals surface area (Å²) in [5, 5.41) is 3.54. The number of nitrogens with one attached hydrogen (secondary N) is 1. The van der Waals surface area contributed by atoms with E-state index in [9.17, 15) is 4.79 Å². The third-order valence-corrected chi connectivity index (χ3v) is 3.52. The summed E-state index contributed by atoms with van der Waals surface area (Å²) in [5.74, 6) is -0.378. The molecular weight excluding hydrogens is 212 g/mol. The Bertz CT molecular complexity index is 366. The summed E-state index contributed by atoms with van der Waals surface area (Å²) in [5.41, 5.74) is 7.11. The Hall–Kier alpha value is -1.35. The van der Waals surface area contributed by atoms with Crippen LogP contribution in [0.15, 0.2) is 24.3 Å². The van der Waals surface area contributed by atoms with Crippen molar-refractivity contribution in [1.82, 2.24) is 5.32 Å². The molecule has 1 aromatic rings. The maximum atomic E-state index is 10.9. The fourth-order valence-corrected chi connectivity index (χ4v) is 1.60. The van der Waals surface area contributed by atoms with Gasteiger partial charge >= 0.3 is 0 Å². The minimum absolute atomic E-state index is 0.183. The minimum atomic E-state index is -0.378. The van der Waals surface area contributed by atoms with E-state index in [0.717, 1.165) is 19.4 Å². The van der Waals surface area contributed by atoms with Crippen LogP contribution >= 0.6 is 0 Å². The molecule has 0 bridgehead atoms. The number of primary amides is 1. The lowest BCUT2D eigenvalue weighted by molar-refractivity contribution is 0.100. The number of hydrogen-bond acceptors (Lipinski definition) is 2. The molecular formula is C14H22N2O. The first-order chi connectivity index (χ1) is 8.00. The second-order valence-electron chi connectivity index (χ2n) is 4.68. The molecule has 1 rings (SSSR count). The van der Waals surface area contributed by atoms with E-state index in [0.29, 0.717) is 5.56 Å². The molecule has 0 saturated heterocycles. The zero-order valence-electron chi connectivity index (χ0n) is 10.9. The Balaban J connectivity index is 2.61. The van der Waals surface area contributed by atoms with Crippen LogP contribution in [0.25, 0.3) is 0 Å². The third-order valence-electron chi connectivity index (χ3n) is 3.52. The first-order valence-electron chi connectivity index (χ1n) is 6.14. The maximum absolute atomic E-state index is 10.9. The molecule has 3 heteroatoms. The van der Waals surface area contributed by atoms with Crippen LogP contribution in [0.1, 0.15) is 49.5 Å². The van der Waals surface area contributed by atoms with Gasteiger partial charge < -0.3 is 11.1 Å². The molecule has 17 heavy (non-hydrogen) atoms. The second kappa shape index (κ2) is 5.82. The number of rotatable bonds is 6. The van der Waals surface area contributed by atoms with Crippen LogP contribution in [0.3, 0.4) is 0 Å². The second-order valence-corrected chi connectivity index (χ2v) is 4.68. The van der Waals surface area contributed by atoms with E-state index in [-0.39, 0.29) is 11.4 Å². The van der Waals surface area contributed by atoms with Gasteiger partial charge in [-0.3, -0.25) is 4.79 Å². The van der Waals surface area contributed by atoms with Gasteiger partial charge in [0.15, 0.2) is 0 Å². The van der Waals surface area contributed by atoms with Gasteiger partial charge in [0.1, 0.15) is 0 Å². The summed E-state index contributed by atoms with van der Waals surface area (Å²) in [6, 6.07) is 7.43. The lowest BCUT2D eigenvalue weighted by atomic mass is 9.95. The summed E-state index contributed by atoms with van der Waals surface area (Å²) >= 11 is 0. The van der Waals surface area contributed by atoms with E-state index in [1.807, 2.05) is 12.1 Å². The van der Waals surface area contributed by atoms with Crippen molar-refractivity contribution in [3.8, 4) is 0 Å². The molecule has 0 radical (unpaired) electrons. The van der Waals surface area contributed by atoms with Gasteiger partial charge in [0, 0.05) is 17.6 Å². The SMILES string of the molecule is CCC(C)(CC)NCc1ccc(C(N)=O)cc1. The smallest absolute Gasteiger partial charge is 0.248 e. The first kappa shape index (κ1) is 13.7. The Morgan fingerprint density at radius 2 is 1.76 bits per heavy atom. The Morgan fingerprint density at radius 1 is 1.24 bits per heavy atom. The fourth-order valence-electron chi connectivity index (χ4n) is 1.60. The van der Waals surface area contributed by atoms with Crippen molar-refractivity contribution in [3.05, 3.63) is 35.4 Å². The fraction of sp³-hybridized carbons (Fsp3) is 0.500. The van der Waals surface area contributed by atoms with E-state index in [2.05, 4.69) is 26.1 Å². The van der Waals surface area contributed by atoms with Crippen LogP contribution < -0.4 is 11.1 Å². The average Bonchev–Trinajstić information content (AvgIpc) is 2.36. The lowest BCUT2D eigenvalue weighted by Crippen LogP contribution is -2.40. The van der Waals surface area contributed by atoms with E-state index in [1.165, 1.54) is 5.56 Å². The predicted octanol–water partition coefficient (Wildman–Crippen LogP) is 2.45. The quantitative estimate of drug-likeness (QED) is 0.794. The normalized spacial score (nSPS) is 11.5. The van der Waals surface area contributed by atoms with Crippen molar-refractivity contribution in [1.29, 1.82) is 0 Å². The van der Waals surface area contributed by atoms with Gasteiger partial charge in [-0.1, -0.05) is 26.0 Å². The highest BCUT2D eigenvalue weighted by atomic mass is 16.1. The van der Waals surface area contributed by atoms with E-state index < -0.39 is 0 Å². The molecule has 0 aromatic heterocycles. The summed E-state index contributed by atoms with van der Waals surface area (Å²) in [4.78, 5) is 10.9. The van der Waals surface area contributed by atoms with E-state index in [4.69, 9.17) is 5.73 Å². The molecule has 0 saturated carbocycles. The third kappa shape index (κ3) is 3.86. The van der Waals surface area contributed by atoms with Gasteiger partial charge in [-0.25, -0.2) is 0 Å². The summed E-state index contributed by atoms with van der Waals surface area (Å²) in [6.45, 7) is 7.42. The number of nitrogens with two attached hydrogens (primary N) is 1. The maximum Gasteiger partial charge on any atom is 0.248 e. The van der Waals surface area contributed by atoms with Crippen molar-refractivity contribution >= 4 is 5.91 Å². The van der Waals surface area contributed by atoms with Crippen LogP contribution in [0, 0.1) is 0 Å². The largest absolute Gasteiger partial charge is 0.366 e. The number of benzene rings is 1. The lowest BCUT2D eigenvalue weighted by Gasteiger charge is -2.28. The zero-order chi connectivity index (χ0) is 12.9. The number of amides is 1. The molecule has 94 valence electrons. The summed E-state index contributed by atoms with van der Waals surface area (Å²) < 4.78 is 0. The molecule has 3 nitrogen and oxygen atoms in total. The van der Waals surface area contributed by atoms with Gasteiger partial charge in [0.25, 0.3) is 0 Å². The zero-order valence-corrected chi connectivity index (χ0v) is 10.9. The van der Waals surface area contributed by atoms with Gasteiger partial charge in [-0.05, 0) is 37.5 Å². The highest BCUT2D eigenvalue weighted by Gasteiger charge is 2.17. The molecule has 1 amide bonds.